The van der Waals surface area contributed by atoms with Gasteiger partial charge in [0.1, 0.15) is 28.2 Å². The lowest BCUT2D eigenvalue weighted by Gasteiger charge is -2.36. The Bertz CT molecular complexity index is 1130. The van der Waals surface area contributed by atoms with Gasteiger partial charge in [-0.1, -0.05) is 35.9 Å². The molecule has 1 saturated heterocycles. The molecule has 0 unspecified atom stereocenters. The molecule has 2 heterocycles. The van der Waals surface area contributed by atoms with E-state index in [1.54, 1.807) is 24.3 Å². The van der Waals surface area contributed by atoms with Gasteiger partial charge in [-0.2, -0.15) is 5.26 Å². The highest BCUT2D eigenvalue weighted by Gasteiger charge is 2.22. The van der Waals surface area contributed by atoms with Crippen LogP contribution in [0.5, 0.6) is 0 Å². The number of allylic oxidation sites excluding steroid dienone is 1. The monoisotopic (exact) mass is 454 g/mol. The minimum Gasteiger partial charge on any atom is -0.509 e. The van der Waals surface area contributed by atoms with E-state index in [0.29, 0.717) is 41.9 Å². The van der Waals surface area contributed by atoms with Crippen molar-refractivity contribution in [3.05, 3.63) is 75.5 Å². The Kier molecular flexibility index (Phi) is 6.52. The molecule has 0 atom stereocenters. The maximum atomic E-state index is 14.0. The summed E-state index contributed by atoms with van der Waals surface area (Å²) in [6.07, 6.45) is 0. The molecule has 1 fully saturated rings. The number of para-hydroxylation sites is 1. The van der Waals surface area contributed by atoms with Crippen LogP contribution in [0.4, 0.5) is 10.1 Å². The zero-order valence-electron chi connectivity index (χ0n) is 16.6. The predicted octanol–water partition coefficient (Wildman–Crippen LogP) is 5.22. The average Bonchev–Trinajstić information content (AvgIpc) is 3.25. The maximum absolute atomic E-state index is 14.0. The number of aliphatic hydroxyl groups excluding tert-OH is 1. The Labute approximate surface area is 189 Å². The lowest BCUT2D eigenvalue weighted by atomic mass is 10.2. The number of aliphatic hydroxyl groups is 1. The van der Waals surface area contributed by atoms with E-state index < -0.39 is 0 Å². The molecule has 0 aliphatic carbocycles. The van der Waals surface area contributed by atoms with Gasteiger partial charge in [-0.3, -0.25) is 4.90 Å². The minimum atomic E-state index is -0.231. The first-order chi connectivity index (χ1) is 15.0. The number of hydrogen-bond acceptors (Lipinski definition) is 6. The number of benzene rings is 2. The fourth-order valence-electron chi connectivity index (χ4n) is 3.52. The summed E-state index contributed by atoms with van der Waals surface area (Å²) in [5.41, 5.74) is 2.41. The molecule has 0 bridgehead atoms. The van der Waals surface area contributed by atoms with Gasteiger partial charge in [-0.05, 0) is 24.3 Å². The van der Waals surface area contributed by atoms with E-state index in [1.165, 1.54) is 17.4 Å². The molecule has 1 aliphatic rings. The second-order valence-electron chi connectivity index (χ2n) is 7.19. The number of thiazole rings is 1. The Morgan fingerprint density at radius 2 is 1.84 bits per heavy atom. The third-order valence-corrected chi connectivity index (χ3v) is 6.31. The van der Waals surface area contributed by atoms with Crippen molar-refractivity contribution in [2.24, 2.45) is 0 Å². The van der Waals surface area contributed by atoms with Gasteiger partial charge >= 0.3 is 0 Å². The molecule has 8 heteroatoms. The first kappa shape index (κ1) is 21.3. The SMILES string of the molecule is N#C/C(=C(/O)CN1CCN(c2ccccc2F)CC1)c1nc(-c2ccc(Cl)cc2)cs1. The molecule has 5 nitrogen and oxygen atoms in total. The molecule has 1 aromatic heterocycles. The first-order valence-electron chi connectivity index (χ1n) is 9.81. The lowest BCUT2D eigenvalue weighted by Crippen LogP contribution is -2.47. The summed E-state index contributed by atoms with van der Waals surface area (Å²) < 4.78 is 14.0. The second kappa shape index (κ2) is 9.48. The number of anilines is 1. The van der Waals surface area contributed by atoms with E-state index >= 15 is 0 Å². The summed E-state index contributed by atoms with van der Waals surface area (Å²) in [5.74, 6) is -0.232. The minimum absolute atomic E-state index is 0.00107. The molecule has 31 heavy (non-hydrogen) atoms. The lowest BCUT2D eigenvalue weighted by molar-refractivity contribution is 0.238. The van der Waals surface area contributed by atoms with Crippen LogP contribution in [0, 0.1) is 17.1 Å². The largest absolute Gasteiger partial charge is 0.509 e. The highest BCUT2D eigenvalue weighted by molar-refractivity contribution is 7.11. The predicted molar refractivity (Wildman–Crippen MR) is 123 cm³/mol. The average molecular weight is 455 g/mol. The van der Waals surface area contributed by atoms with E-state index in [1.807, 2.05) is 28.5 Å². The molecule has 0 amide bonds. The number of hydrogen-bond donors (Lipinski definition) is 1. The summed E-state index contributed by atoms with van der Waals surface area (Å²) in [5, 5.41) is 23.3. The molecule has 1 aliphatic heterocycles. The fourth-order valence-corrected chi connectivity index (χ4v) is 4.49. The van der Waals surface area contributed by atoms with Crippen LogP contribution in [0.2, 0.25) is 5.02 Å². The third kappa shape index (κ3) is 4.88. The van der Waals surface area contributed by atoms with Crippen LogP contribution in [0.25, 0.3) is 16.8 Å². The summed E-state index contributed by atoms with van der Waals surface area (Å²) in [7, 11) is 0. The van der Waals surface area contributed by atoms with Crippen molar-refractivity contribution in [1.82, 2.24) is 9.88 Å². The molecular weight excluding hydrogens is 435 g/mol. The van der Waals surface area contributed by atoms with Crippen molar-refractivity contribution in [1.29, 1.82) is 5.26 Å². The van der Waals surface area contributed by atoms with Crippen LogP contribution in [0.15, 0.2) is 59.7 Å². The van der Waals surface area contributed by atoms with Crippen LogP contribution in [0.3, 0.4) is 0 Å². The van der Waals surface area contributed by atoms with Crippen LogP contribution in [0.1, 0.15) is 5.01 Å². The molecular formula is C23H20ClFN4OS. The fraction of sp³-hybridized carbons (Fsp3) is 0.217. The molecule has 0 saturated carbocycles. The summed E-state index contributed by atoms with van der Waals surface area (Å²) in [6, 6.07) is 16.1. The molecule has 158 valence electrons. The van der Waals surface area contributed by atoms with Crippen molar-refractivity contribution >= 4 is 34.2 Å². The van der Waals surface area contributed by atoms with Gasteiger partial charge in [-0.15, -0.1) is 11.3 Å². The molecule has 4 rings (SSSR count). The van der Waals surface area contributed by atoms with E-state index in [4.69, 9.17) is 11.6 Å². The number of piperazine rings is 1. The zero-order valence-corrected chi connectivity index (χ0v) is 18.2. The third-order valence-electron chi connectivity index (χ3n) is 5.20. The maximum Gasteiger partial charge on any atom is 0.146 e. The quantitative estimate of drug-likeness (QED) is 0.423. The topological polar surface area (TPSA) is 63.4 Å². The van der Waals surface area contributed by atoms with E-state index in [2.05, 4.69) is 16.0 Å². The van der Waals surface area contributed by atoms with Crippen molar-refractivity contribution < 1.29 is 9.50 Å². The first-order valence-corrected chi connectivity index (χ1v) is 11.1. The normalized spacial score (nSPS) is 15.5. The van der Waals surface area contributed by atoms with Crippen LogP contribution in [-0.2, 0) is 0 Å². The van der Waals surface area contributed by atoms with Crippen LogP contribution in [-0.4, -0.2) is 47.7 Å². The van der Waals surface area contributed by atoms with Gasteiger partial charge in [-0.25, -0.2) is 9.37 Å². The Morgan fingerprint density at radius 1 is 1.13 bits per heavy atom. The van der Waals surface area contributed by atoms with Crippen LogP contribution < -0.4 is 4.90 Å². The van der Waals surface area contributed by atoms with Crippen molar-refractivity contribution in [2.75, 3.05) is 37.6 Å². The Balaban J connectivity index is 1.44. The van der Waals surface area contributed by atoms with Gasteiger partial charge in [0.15, 0.2) is 0 Å². The standard InChI is InChI=1S/C23H20ClFN4OS/c24-17-7-5-16(6-8-17)20-15-31-23(27-20)18(13-26)22(30)14-28-9-11-29(12-10-28)21-4-2-1-3-19(21)25/h1-8,15,30H,9-12,14H2/b22-18-. The zero-order chi connectivity index (χ0) is 21.8. The summed E-state index contributed by atoms with van der Waals surface area (Å²) in [6.45, 7) is 2.86. The second-order valence-corrected chi connectivity index (χ2v) is 8.49. The number of nitrogens with zero attached hydrogens (tertiary/aromatic N) is 4. The summed E-state index contributed by atoms with van der Waals surface area (Å²) in [4.78, 5) is 8.57. The van der Waals surface area contributed by atoms with Crippen LogP contribution >= 0.6 is 22.9 Å². The van der Waals surface area contributed by atoms with Gasteiger partial charge in [0, 0.05) is 42.1 Å². The smallest absolute Gasteiger partial charge is 0.146 e. The van der Waals surface area contributed by atoms with Gasteiger partial charge in [0.25, 0.3) is 0 Å². The molecule has 2 aromatic carbocycles. The highest BCUT2D eigenvalue weighted by atomic mass is 35.5. The molecule has 0 spiro atoms. The van der Waals surface area contributed by atoms with Crippen molar-refractivity contribution in [3.8, 4) is 17.3 Å². The summed E-state index contributed by atoms with van der Waals surface area (Å²) >= 11 is 7.25. The van der Waals surface area contributed by atoms with E-state index in [9.17, 15) is 14.8 Å². The van der Waals surface area contributed by atoms with Gasteiger partial charge < -0.3 is 10.0 Å². The molecule has 1 N–H and O–H groups in total. The van der Waals surface area contributed by atoms with Gasteiger partial charge in [0.2, 0.25) is 0 Å². The number of halogens is 2. The Hall–Kier alpha value is -2.92. The van der Waals surface area contributed by atoms with E-state index in [0.717, 1.165) is 11.3 Å². The highest BCUT2D eigenvalue weighted by Crippen LogP contribution is 2.28. The van der Waals surface area contributed by atoms with Crippen molar-refractivity contribution in [2.45, 2.75) is 0 Å². The number of aromatic nitrogens is 1. The molecule has 0 radical (unpaired) electrons. The number of nitriles is 1. The van der Waals surface area contributed by atoms with E-state index in [-0.39, 0.29) is 23.7 Å². The number of rotatable bonds is 5. The van der Waals surface area contributed by atoms with Gasteiger partial charge in [0.05, 0.1) is 17.9 Å². The Morgan fingerprint density at radius 3 is 2.52 bits per heavy atom. The molecule has 3 aromatic rings. The van der Waals surface area contributed by atoms with Crippen molar-refractivity contribution in [3.63, 3.8) is 0 Å².